The van der Waals surface area contributed by atoms with E-state index in [0.717, 1.165) is 5.56 Å². The average molecular weight is 238 g/mol. The van der Waals surface area contributed by atoms with Crippen LogP contribution in [0.1, 0.15) is 17.9 Å². The van der Waals surface area contributed by atoms with Gasteiger partial charge < -0.3 is 15.9 Å². The number of carbonyl (C=O) groups is 1. The van der Waals surface area contributed by atoms with Crippen LogP contribution >= 0.6 is 0 Å². The van der Waals surface area contributed by atoms with Crippen molar-refractivity contribution in [3.63, 3.8) is 0 Å². The number of aliphatic hydroxyl groups excluding tert-OH is 1. The summed E-state index contributed by atoms with van der Waals surface area (Å²) in [6.07, 6.45) is -0.524. The second-order valence-corrected chi connectivity index (χ2v) is 3.82. The first-order chi connectivity index (χ1) is 8.15. The van der Waals surface area contributed by atoms with Gasteiger partial charge in [-0.15, -0.1) is 0 Å². The number of aliphatic hydroxyl groups is 1. The number of carboxylic acid groups (broad SMARTS) is 1. The molecular weight excluding hydrogens is 220 g/mol. The number of rotatable bonds is 7. The molecule has 0 fully saturated rings. The molecule has 0 aromatic heterocycles. The molecule has 5 N–H and O–H groups in total. The Labute approximate surface area is 100 Å². The number of benzene rings is 1. The molecule has 5 heteroatoms. The highest BCUT2D eigenvalue weighted by molar-refractivity contribution is 5.68. The van der Waals surface area contributed by atoms with Crippen molar-refractivity contribution in [2.45, 2.75) is 18.5 Å². The van der Waals surface area contributed by atoms with E-state index < -0.39 is 12.1 Å². The molecule has 1 aromatic carbocycles. The number of nitrogens with one attached hydrogen (secondary N) is 1. The van der Waals surface area contributed by atoms with Crippen molar-refractivity contribution in [2.24, 2.45) is 5.73 Å². The van der Waals surface area contributed by atoms with Crippen molar-refractivity contribution < 1.29 is 15.0 Å². The predicted octanol–water partition coefficient (Wildman–Crippen LogP) is 0.112. The molecule has 94 valence electrons. The van der Waals surface area contributed by atoms with Crippen LogP contribution in [0, 0.1) is 0 Å². The third-order valence-corrected chi connectivity index (χ3v) is 2.55. The maximum absolute atomic E-state index is 10.8. The van der Waals surface area contributed by atoms with Gasteiger partial charge in [0.25, 0.3) is 0 Å². The van der Waals surface area contributed by atoms with Gasteiger partial charge in [-0.1, -0.05) is 30.3 Å². The lowest BCUT2D eigenvalue weighted by Gasteiger charge is -2.23. The van der Waals surface area contributed by atoms with E-state index >= 15 is 0 Å². The maximum atomic E-state index is 10.8. The van der Waals surface area contributed by atoms with E-state index in [9.17, 15) is 4.79 Å². The summed E-state index contributed by atoms with van der Waals surface area (Å²) >= 11 is 0. The third-order valence-electron chi connectivity index (χ3n) is 2.55. The Bertz CT molecular complexity index is 343. The first kappa shape index (κ1) is 13.6. The Morgan fingerprint density at radius 3 is 2.53 bits per heavy atom. The van der Waals surface area contributed by atoms with Gasteiger partial charge in [0.1, 0.15) is 0 Å². The fraction of sp³-hybridized carbons (Fsp3) is 0.417. The summed E-state index contributed by atoms with van der Waals surface area (Å²) in [6, 6.07) is 9.28. The molecule has 5 nitrogen and oxygen atoms in total. The molecule has 0 aliphatic rings. The minimum atomic E-state index is -0.889. The zero-order chi connectivity index (χ0) is 12.7. The topological polar surface area (TPSA) is 95.6 Å². The van der Waals surface area contributed by atoms with Crippen LogP contribution in [-0.2, 0) is 4.79 Å². The average Bonchev–Trinajstić information content (AvgIpc) is 2.34. The van der Waals surface area contributed by atoms with Crippen molar-refractivity contribution in [1.82, 2.24) is 5.32 Å². The molecule has 0 aliphatic carbocycles. The summed E-state index contributed by atoms with van der Waals surface area (Å²) in [5.41, 5.74) is 6.78. The van der Waals surface area contributed by atoms with E-state index in [0.29, 0.717) is 6.54 Å². The molecule has 0 spiro atoms. The smallest absolute Gasteiger partial charge is 0.304 e. The van der Waals surface area contributed by atoms with Crippen LogP contribution < -0.4 is 11.1 Å². The fourth-order valence-corrected chi connectivity index (χ4v) is 1.71. The lowest BCUT2D eigenvalue weighted by molar-refractivity contribution is -0.137. The standard InChI is InChI=1S/C12H18N2O3/c13-12(14-6-7-15)10(8-11(16)17)9-4-2-1-3-5-9/h1-5,10,12,14-15H,6-8,13H2,(H,16,17). The van der Waals surface area contributed by atoms with E-state index in [-0.39, 0.29) is 18.9 Å². The normalized spacial score (nSPS) is 14.2. The first-order valence-electron chi connectivity index (χ1n) is 5.51. The molecule has 2 atom stereocenters. The largest absolute Gasteiger partial charge is 0.481 e. The molecule has 0 aliphatic heterocycles. The molecule has 0 saturated heterocycles. The zero-order valence-electron chi connectivity index (χ0n) is 9.54. The Hall–Kier alpha value is -1.43. The summed E-state index contributed by atoms with van der Waals surface area (Å²) < 4.78 is 0. The maximum Gasteiger partial charge on any atom is 0.304 e. The lowest BCUT2D eigenvalue weighted by atomic mass is 9.93. The zero-order valence-corrected chi connectivity index (χ0v) is 9.54. The Morgan fingerprint density at radius 1 is 1.35 bits per heavy atom. The van der Waals surface area contributed by atoms with Crippen LogP contribution in [0.4, 0.5) is 0 Å². The van der Waals surface area contributed by atoms with Gasteiger partial charge in [-0.05, 0) is 5.56 Å². The van der Waals surface area contributed by atoms with Crippen LogP contribution in [0.15, 0.2) is 30.3 Å². The Balaban J connectivity index is 2.76. The number of nitrogens with two attached hydrogens (primary N) is 1. The molecule has 0 heterocycles. The van der Waals surface area contributed by atoms with E-state index in [4.69, 9.17) is 15.9 Å². The van der Waals surface area contributed by atoms with E-state index in [1.165, 1.54) is 0 Å². The van der Waals surface area contributed by atoms with Gasteiger partial charge in [-0.25, -0.2) is 0 Å². The monoisotopic (exact) mass is 238 g/mol. The SMILES string of the molecule is NC(NCCO)C(CC(=O)O)c1ccccc1. The van der Waals surface area contributed by atoms with Gasteiger partial charge in [-0.3, -0.25) is 10.1 Å². The molecule has 0 bridgehead atoms. The van der Waals surface area contributed by atoms with Crippen molar-refractivity contribution in [3.8, 4) is 0 Å². The summed E-state index contributed by atoms with van der Waals surface area (Å²) in [4.78, 5) is 10.8. The second kappa shape index (κ2) is 7.01. The Morgan fingerprint density at radius 2 is 2.00 bits per heavy atom. The first-order valence-corrected chi connectivity index (χ1v) is 5.51. The van der Waals surface area contributed by atoms with Gasteiger partial charge in [-0.2, -0.15) is 0 Å². The number of hydrogen-bond acceptors (Lipinski definition) is 4. The van der Waals surface area contributed by atoms with Crippen molar-refractivity contribution in [2.75, 3.05) is 13.2 Å². The quantitative estimate of drug-likeness (QED) is 0.506. The van der Waals surface area contributed by atoms with Crippen molar-refractivity contribution >= 4 is 5.97 Å². The minimum absolute atomic E-state index is 0.0255. The third kappa shape index (κ3) is 4.52. The summed E-state index contributed by atoms with van der Waals surface area (Å²) in [5, 5.41) is 20.5. The van der Waals surface area contributed by atoms with Crippen molar-refractivity contribution in [1.29, 1.82) is 0 Å². The molecule has 0 amide bonds. The number of hydrogen-bond donors (Lipinski definition) is 4. The highest BCUT2D eigenvalue weighted by Crippen LogP contribution is 2.21. The summed E-state index contributed by atoms with van der Waals surface area (Å²) in [5.74, 6) is -1.19. The molecule has 1 rings (SSSR count). The van der Waals surface area contributed by atoms with Gasteiger partial charge in [0.05, 0.1) is 19.2 Å². The number of carboxylic acids is 1. The van der Waals surface area contributed by atoms with E-state index in [2.05, 4.69) is 5.32 Å². The van der Waals surface area contributed by atoms with Crippen LogP contribution in [0.2, 0.25) is 0 Å². The van der Waals surface area contributed by atoms with Crippen LogP contribution in [0.25, 0.3) is 0 Å². The van der Waals surface area contributed by atoms with Gasteiger partial charge in [0.15, 0.2) is 0 Å². The predicted molar refractivity (Wildman–Crippen MR) is 64.5 cm³/mol. The molecule has 0 saturated carbocycles. The highest BCUT2D eigenvalue weighted by Gasteiger charge is 2.22. The van der Waals surface area contributed by atoms with Crippen LogP contribution in [-0.4, -0.2) is 35.5 Å². The summed E-state index contributed by atoms with van der Waals surface area (Å²) in [7, 11) is 0. The molecular formula is C12H18N2O3. The molecule has 2 unspecified atom stereocenters. The summed E-state index contributed by atoms with van der Waals surface area (Å²) in [6.45, 7) is 0.326. The van der Waals surface area contributed by atoms with Crippen molar-refractivity contribution in [3.05, 3.63) is 35.9 Å². The van der Waals surface area contributed by atoms with E-state index in [1.807, 2.05) is 30.3 Å². The van der Waals surface area contributed by atoms with Gasteiger partial charge in [0, 0.05) is 12.5 Å². The number of aliphatic carboxylic acids is 1. The molecule has 17 heavy (non-hydrogen) atoms. The molecule has 1 aromatic rings. The molecule has 0 radical (unpaired) electrons. The lowest BCUT2D eigenvalue weighted by Crippen LogP contribution is -2.44. The second-order valence-electron chi connectivity index (χ2n) is 3.82. The highest BCUT2D eigenvalue weighted by atomic mass is 16.4. The minimum Gasteiger partial charge on any atom is -0.481 e. The van der Waals surface area contributed by atoms with Crippen LogP contribution in [0.3, 0.4) is 0 Å². The van der Waals surface area contributed by atoms with Crippen LogP contribution in [0.5, 0.6) is 0 Å². The van der Waals surface area contributed by atoms with Gasteiger partial charge in [0.2, 0.25) is 0 Å². The van der Waals surface area contributed by atoms with Gasteiger partial charge >= 0.3 is 5.97 Å². The van der Waals surface area contributed by atoms with E-state index in [1.54, 1.807) is 0 Å². The fourth-order valence-electron chi connectivity index (χ4n) is 1.71. The Kier molecular flexibility index (Phi) is 5.62.